The molecule has 2 aromatic carbocycles. The van der Waals surface area contributed by atoms with Crippen molar-refractivity contribution >= 4 is 102 Å². The molecular weight excluding hydrogens is 868 g/mol. The number of ether oxygens (including phenoxy) is 1. The van der Waals surface area contributed by atoms with E-state index >= 15 is 0 Å². The van der Waals surface area contributed by atoms with E-state index in [1.807, 2.05) is 57.3 Å². The molecule has 174 valence electrons. The monoisotopic (exact) mass is 890 g/mol. The summed E-state index contributed by atoms with van der Waals surface area (Å²) in [6.07, 6.45) is 2.84. The summed E-state index contributed by atoms with van der Waals surface area (Å²) in [7, 11) is 0. The molecule has 2 aromatic rings. The molecule has 0 saturated heterocycles. The first kappa shape index (κ1) is 28.1. The van der Waals surface area contributed by atoms with Crippen molar-refractivity contribution in [3.8, 4) is 17.2 Å². The lowest BCUT2D eigenvalue weighted by molar-refractivity contribution is -0.141. The van der Waals surface area contributed by atoms with Crippen molar-refractivity contribution in [2.45, 2.75) is 38.1 Å². The molecule has 32 heavy (non-hydrogen) atoms. The first-order valence-electron chi connectivity index (χ1n) is 9.68. The van der Waals surface area contributed by atoms with Crippen LogP contribution in [0.3, 0.4) is 0 Å². The fraction of sp³-hybridized carbons (Fsp3) is 0.333. The van der Waals surface area contributed by atoms with E-state index in [9.17, 15) is 19.8 Å². The Morgan fingerprint density at radius 1 is 0.969 bits per heavy atom. The van der Waals surface area contributed by atoms with Crippen LogP contribution >= 0.6 is 90.4 Å². The standard InChI is InChI=1S/C21H22I4N2O5/c22-13-9-12(10-14(23)19(13)29)32-20-15(24)6-11(7-16(20)25)8-17(21(30)31)27-18(28)4-2-1-3-5-26/h6-7,9-10,17,29H,1-5,8,26H2,(H,27,28)(H,30,31). The van der Waals surface area contributed by atoms with Crippen LogP contribution in [-0.4, -0.2) is 34.7 Å². The number of nitrogens with one attached hydrogen (secondary N) is 1. The molecule has 0 spiro atoms. The molecule has 7 nitrogen and oxygen atoms in total. The number of hydrogen-bond donors (Lipinski definition) is 4. The molecule has 2 rings (SSSR count). The predicted molar refractivity (Wildman–Crippen MR) is 156 cm³/mol. The summed E-state index contributed by atoms with van der Waals surface area (Å²) >= 11 is 8.40. The molecular formula is C21H22I4N2O5. The first-order chi connectivity index (χ1) is 15.1. The smallest absolute Gasteiger partial charge is 0.326 e. The average molecular weight is 890 g/mol. The summed E-state index contributed by atoms with van der Waals surface area (Å²) in [6.45, 7) is 0.585. The van der Waals surface area contributed by atoms with E-state index in [1.54, 1.807) is 12.1 Å². The fourth-order valence-electron chi connectivity index (χ4n) is 2.86. The number of hydrogen-bond acceptors (Lipinski definition) is 5. The van der Waals surface area contributed by atoms with Gasteiger partial charge in [-0.15, -0.1) is 0 Å². The van der Waals surface area contributed by atoms with Crippen molar-refractivity contribution in [2.24, 2.45) is 5.73 Å². The van der Waals surface area contributed by atoms with Crippen LogP contribution in [0.4, 0.5) is 0 Å². The third-order valence-corrected chi connectivity index (χ3v) is 7.70. The van der Waals surface area contributed by atoms with Gasteiger partial charge in [0.2, 0.25) is 5.91 Å². The molecule has 0 aromatic heterocycles. The Labute approximate surface area is 241 Å². The van der Waals surface area contributed by atoms with Gasteiger partial charge in [0.25, 0.3) is 0 Å². The van der Waals surface area contributed by atoms with Crippen molar-refractivity contribution in [3.05, 3.63) is 44.1 Å². The van der Waals surface area contributed by atoms with Crippen LogP contribution in [0, 0.1) is 14.3 Å². The van der Waals surface area contributed by atoms with Gasteiger partial charge < -0.3 is 26.0 Å². The normalized spacial score (nSPS) is 11.8. The van der Waals surface area contributed by atoms with Gasteiger partial charge in [-0.3, -0.25) is 4.79 Å². The average Bonchev–Trinajstić information content (AvgIpc) is 2.71. The summed E-state index contributed by atoms with van der Waals surface area (Å²) in [5.74, 6) is 0.141. The summed E-state index contributed by atoms with van der Waals surface area (Å²) in [6, 6.07) is 6.22. The third-order valence-electron chi connectivity index (χ3n) is 4.45. The summed E-state index contributed by atoms with van der Waals surface area (Å²) < 4.78 is 9.08. The maximum absolute atomic E-state index is 12.1. The lowest BCUT2D eigenvalue weighted by Crippen LogP contribution is -2.42. The summed E-state index contributed by atoms with van der Waals surface area (Å²) in [5, 5.41) is 22.1. The number of unbranched alkanes of at least 4 members (excludes halogenated alkanes) is 2. The van der Waals surface area contributed by atoms with Gasteiger partial charge in [-0.2, -0.15) is 0 Å². The highest BCUT2D eigenvalue weighted by atomic mass is 127. The highest BCUT2D eigenvalue weighted by molar-refractivity contribution is 14.1. The number of aromatic hydroxyl groups is 1. The molecule has 0 heterocycles. The van der Waals surface area contributed by atoms with Crippen molar-refractivity contribution in [1.29, 1.82) is 0 Å². The van der Waals surface area contributed by atoms with Crippen LogP contribution in [0.1, 0.15) is 31.2 Å². The van der Waals surface area contributed by atoms with Crippen molar-refractivity contribution in [3.63, 3.8) is 0 Å². The Morgan fingerprint density at radius 2 is 1.56 bits per heavy atom. The number of halogens is 4. The van der Waals surface area contributed by atoms with E-state index < -0.39 is 12.0 Å². The Morgan fingerprint density at radius 3 is 2.09 bits per heavy atom. The molecule has 5 N–H and O–H groups in total. The second kappa shape index (κ2) is 13.7. The maximum atomic E-state index is 12.1. The van der Waals surface area contributed by atoms with Crippen LogP contribution in [0.2, 0.25) is 0 Å². The van der Waals surface area contributed by atoms with Gasteiger partial charge in [0.15, 0.2) is 5.75 Å². The third kappa shape index (κ3) is 8.57. The minimum atomic E-state index is -1.07. The zero-order valence-electron chi connectivity index (χ0n) is 16.8. The van der Waals surface area contributed by atoms with E-state index in [0.717, 1.165) is 25.5 Å². The van der Waals surface area contributed by atoms with E-state index in [2.05, 4.69) is 50.5 Å². The fourth-order valence-corrected chi connectivity index (χ4v) is 6.68. The molecule has 1 unspecified atom stereocenters. The highest BCUT2D eigenvalue weighted by Gasteiger charge is 2.22. The SMILES string of the molecule is NCCCCCC(=O)NC(Cc1cc(I)c(Oc2cc(I)c(O)c(I)c2)c(I)c1)C(=O)O. The van der Waals surface area contributed by atoms with Crippen LogP contribution in [0.5, 0.6) is 17.2 Å². The van der Waals surface area contributed by atoms with Crippen LogP contribution in [0.25, 0.3) is 0 Å². The molecule has 0 fully saturated rings. The van der Waals surface area contributed by atoms with Gasteiger partial charge in [0, 0.05) is 12.8 Å². The zero-order valence-corrected chi connectivity index (χ0v) is 25.5. The number of nitrogens with two attached hydrogens (primary N) is 1. The largest absolute Gasteiger partial charge is 0.506 e. The zero-order chi connectivity index (χ0) is 23.8. The number of carboxylic acids is 1. The lowest BCUT2D eigenvalue weighted by atomic mass is 10.1. The number of phenolic OH excluding ortho intramolecular Hbond substituents is 1. The van der Waals surface area contributed by atoms with Gasteiger partial charge in [0.1, 0.15) is 17.5 Å². The second-order valence-corrected chi connectivity index (χ2v) is 11.6. The van der Waals surface area contributed by atoms with Gasteiger partial charge in [0.05, 0.1) is 14.3 Å². The molecule has 0 radical (unpaired) electrons. The van der Waals surface area contributed by atoms with Crippen molar-refractivity contribution < 1.29 is 24.5 Å². The molecule has 0 aliphatic rings. The van der Waals surface area contributed by atoms with Gasteiger partial charge in [-0.25, -0.2) is 4.79 Å². The Kier molecular flexibility index (Phi) is 12.0. The topological polar surface area (TPSA) is 122 Å². The van der Waals surface area contributed by atoms with Gasteiger partial charge >= 0.3 is 5.97 Å². The number of carbonyl (C=O) groups excluding carboxylic acids is 1. The molecule has 1 atom stereocenters. The molecule has 0 saturated carbocycles. The van der Waals surface area contributed by atoms with Gasteiger partial charge in [-0.05, 0) is 140 Å². The maximum Gasteiger partial charge on any atom is 0.326 e. The predicted octanol–water partition coefficient (Wildman–Crippen LogP) is 5.23. The van der Waals surface area contributed by atoms with E-state index in [1.165, 1.54) is 0 Å². The van der Waals surface area contributed by atoms with Crippen molar-refractivity contribution in [2.75, 3.05) is 6.54 Å². The Bertz CT molecular complexity index is 941. The quantitative estimate of drug-likeness (QED) is 0.181. The Hall–Kier alpha value is -0.140. The van der Waals surface area contributed by atoms with Crippen LogP contribution in [0.15, 0.2) is 24.3 Å². The molecule has 0 bridgehead atoms. The number of carboxylic acid groups (broad SMARTS) is 1. The second-order valence-electron chi connectivity index (χ2n) is 6.99. The van der Waals surface area contributed by atoms with Crippen LogP contribution < -0.4 is 15.8 Å². The molecule has 0 aliphatic heterocycles. The highest BCUT2D eigenvalue weighted by Crippen LogP contribution is 2.37. The van der Waals surface area contributed by atoms with E-state index in [4.69, 9.17) is 10.5 Å². The molecule has 0 aliphatic carbocycles. The number of carbonyl (C=O) groups is 2. The summed E-state index contributed by atoms with van der Waals surface area (Å²) in [5.41, 5.74) is 6.24. The number of aliphatic carboxylic acids is 1. The number of amides is 1. The molecule has 11 heteroatoms. The van der Waals surface area contributed by atoms with Crippen molar-refractivity contribution in [1.82, 2.24) is 5.32 Å². The molecule has 1 amide bonds. The lowest BCUT2D eigenvalue weighted by Gasteiger charge is -2.17. The minimum Gasteiger partial charge on any atom is -0.506 e. The van der Waals surface area contributed by atoms with E-state index in [0.29, 0.717) is 31.6 Å². The minimum absolute atomic E-state index is 0.172. The summed E-state index contributed by atoms with van der Waals surface area (Å²) in [4.78, 5) is 23.8. The van der Waals surface area contributed by atoms with Crippen LogP contribution in [-0.2, 0) is 16.0 Å². The Balaban J connectivity index is 2.12. The number of phenols is 1. The van der Waals surface area contributed by atoms with Gasteiger partial charge in [-0.1, -0.05) is 6.42 Å². The number of benzene rings is 2. The number of rotatable bonds is 11. The van der Waals surface area contributed by atoms with E-state index in [-0.39, 0.29) is 24.5 Å². The first-order valence-corrected chi connectivity index (χ1v) is 14.0.